The van der Waals surface area contributed by atoms with Crippen LogP contribution in [0.5, 0.6) is 5.75 Å². The Morgan fingerprint density at radius 3 is 3.05 bits per heavy atom. The number of fused-ring (bicyclic) bond motifs is 1. The minimum atomic E-state index is -0.120. The Kier molecular flexibility index (Phi) is 4.39. The number of amides is 1. The molecule has 0 aliphatic carbocycles. The minimum Gasteiger partial charge on any atom is -0.493 e. The molecule has 0 radical (unpaired) electrons. The second kappa shape index (κ2) is 6.29. The van der Waals surface area contributed by atoms with Crippen molar-refractivity contribution in [3.05, 3.63) is 29.3 Å². The van der Waals surface area contributed by atoms with E-state index >= 15 is 0 Å². The van der Waals surface area contributed by atoms with Gasteiger partial charge in [0, 0.05) is 24.1 Å². The van der Waals surface area contributed by atoms with E-state index in [1.807, 2.05) is 23.1 Å². The number of carbonyl (C=O) groups excluding carboxylic acids is 1. The van der Waals surface area contributed by atoms with Crippen LogP contribution in [0.25, 0.3) is 0 Å². The Labute approximate surface area is 132 Å². The Morgan fingerprint density at radius 2 is 2.27 bits per heavy atom. The molecule has 1 aromatic rings. The van der Waals surface area contributed by atoms with Gasteiger partial charge in [-0.2, -0.15) is 0 Å². The number of aryl methyl sites for hydroxylation is 1. The Hall–Kier alpha value is -1.55. The van der Waals surface area contributed by atoms with Crippen LogP contribution in [0.1, 0.15) is 48.5 Å². The van der Waals surface area contributed by atoms with Crippen LogP contribution in [-0.2, 0) is 6.42 Å². The molecule has 0 unspecified atom stereocenters. The number of hydrogen-bond donors (Lipinski definition) is 1. The van der Waals surface area contributed by atoms with Crippen LogP contribution >= 0.6 is 0 Å². The van der Waals surface area contributed by atoms with E-state index in [0.717, 1.165) is 62.1 Å². The molecule has 120 valence electrons. The van der Waals surface area contributed by atoms with Crippen molar-refractivity contribution < 1.29 is 14.6 Å². The van der Waals surface area contributed by atoms with Crippen molar-refractivity contribution in [1.82, 2.24) is 4.90 Å². The SMILES string of the molecule is CC[C@@]1(CO)CCCN(C(=O)c2ccc3c(c2)CCCO3)C1. The number of carbonyl (C=O) groups is 1. The molecule has 2 aliphatic rings. The van der Waals surface area contributed by atoms with Crippen LogP contribution in [0, 0.1) is 5.41 Å². The van der Waals surface area contributed by atoms with Crippen molar-refractivity contribution in [3.8, 4) is 5.75 Å². The predicted octanol–water partition coefficient (Wildman–Crippen LogP) is 2.64. The van der Waals surface area contributed by atoms with Gasteiger partial charge in [0.25, 0.3) is 5.91 Å². The molecule has 1 N–H and O–H groups in total. The topological polar surface area (TPSA) is 49.8 Å². The third-order valence-corrected chi connectivity index (χ3v) is 5.19. The molecule has 4 nitrogen and oxygen atoms in total. The molecule has 4 heteroatoms. The van der Waals surface area contributed by atoms with Crippen LogP contribution in [0.15, 0.2) is 18.2 Å². The van der Waals surface area contributed by atoms with Gasteiger partial charge >= 0.3 is 0 Å². The first-order valence-electron chi connectivity index (χ1n) is 8.33. The molecule has 0 saturated carbocycles. The lowest BCUT2D eigenvalue weighted by Gasteiger charge is -2.41. The largest absolute Gasteiger partial charge is 0.493 e. The van der Waals surface area contributed by atoms with Gasteiger partial charge in [-0.1, -0.05) is 6.92 Å². The van der Waals surface area contributed by atoms with E-state index in [-0.39, 0.29) is 17.9 Å². The summed E-state index contributed by atoms with van der Waals surface area (Å²) in [6.45, 7) is 4.47. The van der Waals surface area contributed by atoms with E-state index in [1.54, 1.807) is 0 Å². The molecule has 2 aliphatic heterocycles. The summed E-state index contributed by atoms with van der Waals surface area (Å²) in [6.07, 6.45) is 4.87. The van der Waals surface area contributed by atoms with E-state index in [0.29, 0.717) is 6.54 Å². The molecule has 0 aromatic heterocycles. The maximum Gasteiger partial charge on any atom is 0.253 e. The van der Waals surface area contributed by atoms with Gasteiger partial charge in [0.15, 0.2) is 0 Å². The molecule has 1 atom stereocenters. The quantitative estimate of drug-likeness (QED) is 0.934. The lowest BCUT2D eigenvalue weighted by molar-refractivity contribution is 0.0251. The fourth-order valence-electron chi connectivity index (χ4n) is 3.59. The van der Waals surface area contributed by atoms with Crippen LogP contribution in [0.4, 0.5) is 0 Å². The highest BCUT2D eigenvalue weighted by Crippen LogP contribution is 2.34. The third-order valence-electron chi connectivity index (χ3n) is 5.19. The zero-order chi connectivity index (χ0) is 15.6. The maximum absolute atomic E-state index is 12.8. The first-order chi connectivity index (χ1) is 10.7. The summed E-state index contributed by atoms with van der Waals surface area (Å²) in [5, 5.41) is 9.72. The summed E-state index contributed by atoms with van der Waals surface area (Å²) in [5.41, 5.74) is 1.76. The number of piperidine rings is 1. The summed E-state index contributed by atoms with van der Waals surface area (Å²) in [5.74, 6) is 0.999. The first-order valence-corrected chi connectivity index (χ1v) is 8.33. The molecule has 1 aromatic carbocycles. The van der Waals surface area contributed by atoms with Gasteiger partial charge in [-0.25, -0.2) is 0 Å². The van der Waals surface area contributed by atoms with E-state index in [9.17, 15) is 9.90 Å². The summed E-state index contributed by atoms with van der Waals surface area (Å²) >= 11 is 0. The zero-order valence-corrected chi connectivity index (χ0v) is 13.3. The molecule has 2 heterocycles. The molecular weight excluding hydrogens is 278 g/mol. The van der Waals surface area contributed by atoms with Gasteiger partial charge in [0.05, 0.1) is 13.2 Å². The third kappa shape index (κ3) is 2.84. The first kappa shape index (κ1) is 15.3. The highest BCUT2D eigenvalue weighted by molar-refractivity contribution is 5.94. The molecule has 22 heavy (non-hydrogen) atoms. The zero-order valence-electron chi connectivity index (χ0n) is 13.3. The number of nitrogens with zero attached hydrogens (tertiary/aromatic N) is 1. The Balaban J connectivity index is 1.78. The van der Waals surface area contributed by atoms with E-state index in [4.69, 9.17) is 4.74 Å². The van der Waals surface area contributed by atoms with Crippen molar-refractivity contribution >= 4 is 5.91 Å². The molecule has 0 bridgehead atoms. The number of rotatable bonds is 3. The summed E-state index contributed by atoms with van der Waals surface area (Å²) < 4.78 is 5.61. The van der Waals surface area contributed by atoms with E-state index in [1.165, 1.54) is 0 Å². The lowest BCUT2D eigenvalue weighted by atomic mass is 9.78. The number of ether oxygens (including phenoxy) is 1. The molecule has 1 fully saturated rings. The van der Waals surface area contributed by atoms with Crippen LogP contribution in [0.2, 0.25) is 0 Å². The number of hydrogen-bond acceptors (Lipinski definition) is 3. The Morgan fingerprint density at radius 1 is 1.41 bits per heavy atom. The van der Waals surface area contributed by atoms with Crippen LogP contribution in [0.3, 0.4) is 0 Å². The highest BCUT2D eigenvalue weighted by Gasteiger charge is 2.35. The van der Waals surface area contributed by atoms with Crippen LogP contribution < -0.4 is 4.74 Å². The average Bonchev–Trinajstić information content (AvgIpc) is 2.60. The number of aliphatic hydroxyl groups excluding tert-OH is 1. The monoisotopic (exact) mass is 303 g/mol. The van der Waals surface area contributed by atoms with Crippen molar-refractivity contribution in [3.63, 3.8) is 0 Å². The Bertz CT molecular complexity index is 551. The van der Waals surface area contributed by atoms with Gasteiger partial charge in [0.2, 0.25) is 0 Å². The van der Waals surface area contributed by atoms with Crippen molar-refractivity contribution in [1.29, 1.82) is 0 Å². The molecule has 0 spiro atoms. The normalized spacial score (nSPS) is 24.5. The molecule has 3 rings (SSSR count). The lowest BCUT2D eigenvalue weighted by Crippen LogP contribution is -2.47. The van der Waals surface area contributed by atoms with Gasteiger partial charge in [-0.3, -0.25) is 4.79 Å². The molecular formula is C18H25NO3. The number of aliphatic hydroxyl groups is 1. The molecule has 1 amide bonds. The van der Waals surface area contributed by atoms with Gasteiger partial charge in [-0.05, 0) is 55.9 Å². The average molecular weight is 303 g/mol. The van der Waals surface area contributed by atoms with E-state index < -0.39 is 0 Å². The summed E-state index contributed by atoms with van der Waals surface area (Å²) in [6, 6.07) is 5.77. The predicted molar refractivity (Wildman–Crippen MR) is 85.2 cm³/mol. The fourth-order valence-corrected chi connectivity index (χ4v) is 3.59. The number of benzene rings is 1. The van der Waals surface area contributed by atoms with E-state index in [2.05, 4.69) is 6.92 Å². The second-order valence-corrected chi connectivity index (χ2v) is 6.62. The van der Waals surface area contributed by atoms with Crippen LogP contribution in [-0.4, -0.2) is 42.2 Å². The summed E-state index contributed by atoms with van der Waals surface area (Å²) in [4.78, 5) is 14.7. The second-order valence-electron chi connectivity index (χ2n) is 6.62. The van der Waals surface area contributed by atoms with Crippen molar-refractivity contribution in [2.45, 2.75) is 39.0 Å². The smallest absolute Gasteiger partial charge is 0.253 e. The highest BCUT2D eigenvalue weighted by atomic mass is 16.5. The number of likely N-dealkylation sites (tertiary alicyclic amines) is 1. The maximum atomic E-state index is 12.8. The van der Waals surface area contributed by atoms with Crippen molar-refractivity contribution in [2.75, 3.05) is 26.3 Å². The standard InChI is InChI=1S/C18H25NO3/c1-2-18(13-20)8-4-9-19(12-18)17(21)15-6-7-16-14(11-15)5-3-10-22-16/h6-7,11,20H,2-5,8-10,12-13H2,1H3/t18-/m1/s1. The molecule has 1 saturated heterocycles. The van der Waals surface area contributed by atoms with Crippen molar-refractivity contribution in [2.24, 2.45) is 5.41 Å². The summed E-state index contributed by atoms with van der Waals surface area (Å²) in [7, 11) is 0. The van der Waals surface area contributed by atoms with Gasteiger partial charge in [0.1, 0.15) is 5.75 Å². The fraction of sp³-hybridized carbons (Fsp3) is 0.611. The van der Waals surface area contributed by atoms with Gasteiger partial charge in [-0.15, -0.1) is 0 Å². The van der Waals surface area contributed by atoms with Gasteiger partial charge < -0.3 is 14.7 Å². The minimum absolute atomic E-state index is 0.0827.